The topological polar surface area (TPSA) is 65.7 Å². The van der Waals surface area contributed by atoms with Crippen LogP contribution in [0.5, 0.6) is 0 Å². The Hall–Kier alpha value is -2.08. The third-order valence-corrected chi connectivity index (χ3v) is 3.22. The molecule has 0 amide bonds. The van der Waals surface area contributed by atoms with E-state index in [1.54, 1.807) is 12.1 Å². The van der Waals surface area contributed by atoms with E-state index in [2.05, 4.69) is 15.6 Å². The van der Waals surface area contributed by atoms with E-state index in [0.29, 0.717) is 6.54 Å². The summed E-state index contributed by atoms with van der Waals surface area (Å²) in [6.07, 6.45) is 2.71. The van der Waals surface area contributed by atoms with Gasteiger partial charge in [-0.05, 0) is 44.2 Å². The molecule has 1 heterocycles. The Labute approximate surface area is 124 Å². The van der Waals surface area contributed by atoms with Crippen LogP contribution in [-0.2, 0) is 0 Å². The normalized spacial score (nSPS) is 18.1. The average Bonchev–Trinajstić information content (AvgIpc) is 2.46. The van der Waals surface area contributed by atoms with Gasteiger partial charge >= 0.3 is 0 Å². The number of aliphatic imine (C=N–C) groups is 1. The molecule has 0 spiro atoms. The zero-order chi connectivity index (χ0) is 15.2. The van der Waals surface area contributed by atoms with Gasteiger partial charge < -0.3 is 21.3 Å². The van der Waals surface area contributed by atoms with Crippen molar-refractivity contribution in [2.24, 2.45) is 10.7 Å². The van der Waals surface area contributed by atoms with Crippen molar-refractivity contribution in [1.82, 2.24) is 10.2 Å². The molecule has 0 bridgehead atoms. The Morgan fingerprint density at radius 2 is 2.05 bits per heavy atom. The molecular formula is C15H22FN5. The number of hydrogen-bond donors (Lipinski definition) is 3. The van der Waals surface area contributed by atoms with Gasteiger partial charge in [0.1, 0.15) is 11.7 Å². The van der Waals surface area contributed by atoms with E-state index in [1.807, 2.05) is 25.1 Å². The fourth-order valence-electron chi connectivity index (χ4n) is 2.08. The molecule has 1 aliphatic heterocycles. The van der Waals surface area contributed by atoms with Crippen molar-refractivity contribution in [2.45, 2.75) is 19.6 Å². The van der Waals surface area contributed by atoms with Gasteiger partial charge in [-0.2, -0.15) is 0 Å². The molecule has 6 heteroatoms. The van der Waals surface area contributed by atoms with Crippen LogP contribution in [0.3, 0.4) is 0 Å². The SMILES string of the molecule is CC1=CN(C)C(Nc2ccc(F)cc2)N=C1NCCCN. The van der Waals surface area contributed by atoms with Crippen molar-refractivity contribution >= 4 is 11.5 Å². The lowest BCUT2D eigenvalue weighted by molar-refractivity contribution is 0.363. The molecule has 2 rings (SSSR count). The van der Waals surface area contributed by atoms with E-state index in [1.165, 1.54) is 12.1 Å². The summed E-state index contributed by atoms with van der Waals surface area (Å²) in [6.45, 7) is 3.46. The number of halogens is 1. The minimum atomic E-state index is -0.249. The summed E-state index contributed by atoms with van der Waals surface area (Å²) in [5.41, 5.74) is 7.40. The van der Waals surface area contributed by atoms with E-state index in [9.17, 15) is 4.39 Å². The van der Waals surface area contributed by atoms with Gasteiger partial charge in [0, 0.05) is 31.1 Å². The molecule has 1 atom stereocenters. The summed E-state index contributed by atoms with van der Waals surface area (Å²) in [7, 11) is 1.95. The Balaban J connectivity index is 2.05. The van der Waals surface area contributed by atoms with Crippen molar-refractivity contribution in [3.05, 3.63) is 41.9 Å². The highest BCUT2D eigenvalue weighted by molar-refractivity contribution is 5.98. The number of nitrogens with two attached hydrogens (primary N) is 1. The van der Waals surface area contributed by atoms with E-state index >= 15 is 0 Å². The first-order valence-corrected chi connectivity index (χ1v) is 7.04. The van der Waals surface area contributed by atoms with E-state index in [-0.39, 0.29) is 12.1 Å². The molecule has 114 valence electrons. The molecule has 0 aliphatic carbocycles. The molecule has 21 heavy (non-hydrogen) atoms. The van der Waals surface area contributed by atoms with Gasteiger partial charge in [-0.15, -0.1) is 0 Å². The van der Waals surface area contributed by atoms with Crippen molar-refractivity contribution in [3.8, 4) is 0 Å². The zero-order valence-electron chi connectivity index (χ0n) is 12.4. The summed E-state index contributed by atoms with van der Waals surface area (Å²) in [5.74, 6) is 0.613. The Bertz CT molecular complexity index is 523. The van der Waals surface area contributed by atoms with Crippen molar-refractivity contribution in [2.75, 3.05) is 25.5 Å². The molecule has 0 aromatic heterocycles. The Morgan fingerprint density at radius 1 is 1.33 bits per heavy atom. The third-order valence-electron chi connectivity index (χ3n) is 3.22. The number of benzene rings is 1. The lowest BCUT2D eigenvalue weighted by Crippen LogP contribution is -2.41. The summed E-state index contributed by atoms with van der Waals surface area (Å²) in [5, 5.41) is 6.55. The molecule has 1 aromatic carbocycles. The summed E-state index contributed by atoms with van der Waals surface area (Å²) >= 11 is 0. The molecular weight excluding hydrogens is 269 g/mol. The number of rotatable bonds is 5. The van der Waals surface area contributed by atoms with Crippen LogP contribution in [-0.4, -0.2) is 37.2 Å². The molecule has 0 saturated carbocycles. The second-order valence-corrected chi connectivity index (χ2v) is 5.05. The zero-order valence-corrected chi connectivity index (χ0v) is 12.4. The first kappa shape index (κ1) is 15.3. The van der Waals surface area contributed by atoms with Crippen molar-refractivity contribution in [1.29, 1.82) is 0 Å². The van der Waals surface area contributed by atoms with Gasteiger partial charge in [-0.1, -0.05) is 0 Å². The molecule has 0 fully saturated rings. The van der Waals surface area contributed by atoms with Crippen LogP contribution >= 0.6 is 0 Å². The molecule has 1 aromatic rings. The molecule has 0 saturated heterocycles. The van der Waals surface area contributed by atoms with Crippen LogP contribution in [0.15, 0.2) is 41.0 Å². The fraction of sp³-hybridized carbons (Fsp3) is 0.400. The van der Waals surface area contributed by atoms with Crippen LogP contribution in [0.1, 0.15) is 13.3 Å². The number of hydrogen-bond acceptors (Lipinski definition) is 5. The average molecular weight is 291 g/mol. The Morgan fingerprint density at radius 3 is 2.71 bits per heavy atom. The van der Waals surface area contributed by atoms with Crippen LogP contribution < -0.4 is 16.4 Å². The summed E-state index contributed by atoms with van der Waals surface area (Å²) in [6, 6.07) is 6.25. The van der Waals surface area contributed by atoms with Gasteiger partial charge in [0.05, 0.1) is 0 Å². The lowest BCUT2D eigenvalue weighted by atomic mass is 10.2. The predicted molar refractivity (Wildman–Crippen MR) is 84.4 cm³/mol. The van der Waals surface area contributed by atoms with E-state index < -0.39 is 0 Å². The van der Waals surface area contributed by atoms with Gasteiger partial charge in [-0.3, -0.25) is 0 Å². The highest BCUT2D eigenvalue weighted by atomic mass is 19.1. The number of amidine groups is 1. The van der Waals surface area contributed by atoms with Gasteiger partial charge in [0.25, 0.3) is 0 Å². The quantitative estimate of drug-likeness (QED) is 0.723. The second-order valence-electron chi connectivity index (χ2n) is 5.05. The molecule has 0 radical (unpaired) electrons. The van der Waals surface area contributed by atoms with Gasteiger partial charge in [0.2, 0.25) is 0 Å². The molecule has 4 N–H and O–H groups in total. The van der Waals surface area contributed by atoms with Crippen LogP contribution in [0.4, 0.5) is 10.1 Å². The molecule has 1 aliphatic rings. The first-order valence-electron chi connectivity index (χ1n) is 7.04. The first-order chi connectivity index (χ1) is 10.1. The smallest absolute Gasteiger partial charge is 0.198 e. The highest BCUT2D eigenvalue weighted by Gasteiger charge is 2.18. The van der Waals surface area contributed by atoms with Gasteiger partial charge in [0.15, 0.2) is 6.29 Å². The summed E-state index contributed by atoms with van der Waals surface area (Å²) in [4.78, 5) is 6.63. The maximum Gasteiger partial charge on any atom is 0.198 e. The van der Waals surface area contributed by atoms with Gasteiger partial charge in [-0.25, -0.2) is 9.38 Å². The van der Waals surface area contributed by atoms with Crippen LogP contribution in [0, 0.1) is 5.82 Å². The predicted octanol–water partition coefficient (Wildman–Crippen LogP) is 1.71. The fourth-order valence-corrected chi connectivity index (χ4v) is 2.08. The second kappa shape index (κ2) is 7.08. The largest absolute Gasteiger partial charge is 0.370 e. The minimum absolute atomic E-state index is 0.223. The van der Waals surface area contributed by atoms with Crippen molar-refractivity contribution in [3.63, 3.8) is 0 Å². The number of nitrogens with one attached hydrogen (secondary N) is 2. The maximum absolute atomic E-state index is 12.9. The van der Waals surface area contributed by atoms with E-state index in [4.69, 9.17) is 5.73 Å². The molecule has 5 nitrogen and oxygen atoms in total. The highest BCUT2D eigenvalue weighted by Crippen LogP contribution is 2.16. The Kier molecular flexibility index (Phi) is 5.16. The number of nitrogens with zero attached hydrogens (tertiary/aromatic N) is 2. The van der Waals surface area contributed by atoms with Crippen molar-refractivity contribution < 1.29 is 4.39 Å². The van der Waals surface area contributed by atoms with Crippen LogP contribution in [0.2, 0.25) is 0 Å². The van der Waals surface area contributed by atoms with E-state index in [0.717, 1.165) is 30.1 Å². The minimum Gasteiger partial charge on any atom is -0.370 e. The van der Waals surface area contributed by atoms with Crippen LogP contribution in [0.25, 0.3) is 0 Å². The lowest BCUT2D eigenvalue weighted by Gasteiger charge is -2.30. The monoisotopic (exact) mass is 291 g/mol. The maximum atomic E-state index is 12.9. The number of anilines is 1. The summed E-state index contributed by atoms with van der Waals surface area (Å²) < 4.78 is 12.9. The molecule has 1 unspecified atom stereocenters. The standard InChI is InChI=1S/C15H22FN5/c1-11-10-21(2)15(20-14(11)18-9-3-8-17)19-13-6-4-12(16)5-7-13/h4-7,10,15,19H,3,8-9,17H2,1-2H3,(H,18,20). The third kappa shape index (κ3) is 4.19.